The van der Waals surface area contributed by atoms with Crippen molar-refractivity contribution in [1.82, 2.24) is 0 Å². The minimum atomic E-state index is -0.935. The lowest BCUT2D eigenvalue weighted by molar-refractivity contribution is -0.140. The SMILES string of the molecule is O=C(O)C[C@H]1[C@H](C(O)CCC23CC4CC(CC(C4)C2)C3)[C@H](Oc2ccc(-c3ccccc3)cc2)C[C@@H]1O. The first kappa shape index (κ1) is 24.9. The quantitative estimate of drug-likeness (QED) is 0.394. The Labute approximate surface area is 219 Å². The van der Waals surface area contributed by atoms with Gasteiger partial charge in [-0.25, -0.2) is 0 Å². The Bertz CT molecular complexity index is 1040. The van der Waals surface area contributed by atoms with Crippen LogP contribution in [-0.2, 0) is 4.79 Å². The molecule has 5 aliphatic rings. The van der Waals surface area contributed by atoms with E-state index < -0.39 is 36.1 Å². The molecule has 5 fully saturated rings. The lowest BCUT2D eigenvalue weighted by Crippen LogP contribution is -2.46. The van der Waals surface area contributed by atoms with Crippen molar-refractivity contribution in [2.75, 3.05) is 0 Å². The number of carbonyl (C=O) groups is 1. The molecule has 0 amide bonds. The average molecular weight is 505 g/mol. The van der Waals surface area contributed by atoms with Gasteiger partial charge in [-0.1, -0.05) is 42.5 Å². The summed E-state index contributed by atoms with van der Waals surface area (Å²) in [4.78, 5) is 11.7. The van der Waals surface area contributed by atoms with Gasteiger partial charge in [0.25, 0.3) is 0 Å². The monoisotopic (exact) mass is 504 g/mol. The summed E-state index contributed by atoms with van der Waals surface area (Å²) in [6.07, 6.45) is 8.07. The van der Waals surface area contributed by atoms with Crippen LogP contribution in [0.3, 0.4) is 0 Å². The van der Waals surface area contributed by atoms with Crippen molar-refractivity contribution in [2.45, 2.75) is 82.5 Å². The highest BCUT2D eigenvalue weighted by Gasteiger charge is 2.52. The van der Waals surface area contributed by atoms with Crippen molar-refractivity contribution in [2.24, 2.45) is 35.0 Å². The summed E-state index contributed by atoms with van der Waals surface area (Å²) in [7, 11) is 0. The molecule has 1 unspecified atom stereocenters. The number of carboxylic acids is 1. The molecule has 0 heterocycles. The fourth-order valence-corrected chi connectivity index (χ4v) is 9.01. The van der Waals surface area contributed by atoms with Crippen molar-refractivity contribution in [1.29, 1.82) is 0 Å². The minimum Gasteiger partial charge on any atom is -0.490 e. The highest BCUT2D eigenvalue weighted by atomic mass is 16.5. The Kier molecular flexibility index (Phi) is 6.79. The van der Waals surface area contributed by atoms with Gasteiger partial charge < -0.3 is 20.1 Å². The second kappa shape index (κ2) is 10.1. The highest BCUT2D eigenvalue weighted by Crippen LogP contribution is 2.62. The van der Waals surface area contributed by atoms with E-state index in [0.717, 1.165) is 35.3 Å². The molecular formula is C32H40O5. The zero-order chi connectivity index (χ0) is 25.6. The van der Waals surface area contributed by atoms with Crippen LogP contribution in [0, 0.1) is 35.0 Å². The molecule has 4 bridgehead atoms. The van der Waals surface area contributed by atoms with E-state index in [-0.39, 0.29) is 6.42 Å². The van der Waals surface area contributed by atoms with Gasteiger partial charge >= 0.3 is 5.97 Å². The normalized spacial score (nSPS) is 37.0. The van der Waals surface area contributed by atoms with Crippen LogP contribution in [0.25, 0.3) is 11.1 Å². The maximum atomic E-state index is 11.7. The van der Waals surface area contributed by atoms with Crippen LogP contribution in [0.1, 0.15) is 64.2 Å². The number of rotatable bonds is 9. The Morgan fingerprint density at radius 2 is 1.49 bits per heavy atom. The molecule has 3 N–H and O–H groups in total. The van der Waals surface area contributed by atoms with Gasteiger partial charge in [0.2, 0.25) is 0 Å². The summed E-state index contributed by atoms with van der Waals surface area (Å²) < 4.78 is 6.36. The highest BCUT2D eigenvalue weighted by molar-refractivity contribution is 5.67. The Balaban J connectivity index is 1.16. The Morgan fingerprint density at radius 3 is 2.08 bits per heavy atom. The van der Waals surface area contributed by atoms with Gasteiger partial charge in [0.1, 0.15) is 11.9 Å². The molecule has 5 nitrogen and oxygen atoms in total. The number of hydrogen-bond acceptors (Lipinski definition) is 4. The number of aliphatic hydroxyl groups excluding tert-OH is 2. The van der Waals surface area contributed by atoms with Crippen molar-refractivity contribution < 1.29 is 24.9 Å². The van der Waals surface area contributed by atoms with E-state index in [1.165, 1.54) is 38.5 Å². The molecule has 2 aromatic carbocycles. The zero-order valence-electron chi connectivity index (χ0n) is 21.5. The van der Waals surface area contributed by atoms with Gasteiger partial charge in [-0.05, 0) is 97.8 Å². The van der Waals surface area contributed by atoms with Crippen molar-refractivity contribution in [3.8, 4) is 16.9 Å². The number of ether oxygens (including phenoxy) is 1. The molecule has 5 saturated carbocycles. The van der Waals surface area contributed by atoms with Crippen LogP contribution in [0.15, 0.2) is 54.6 Å². The predicted octanol–water partition coefficient (Wildman–Crippen LogP) is 5.93. The number of hydrogen-bond donors (Lipinski definition) is 3. The van der Waals surface area contributed by atoms with Gasteiger partial charge in [-0.2, -0.15) is 0 Å². The van der Waals surface area contributed by atoms with Crippen molar-refractivity contribution in [3.05, 3.63) is 54.6 Å². The van der Waals surface area contributed by atoms with E-state index >= 15 is 0 Å². The lowest BCUT2D eigenvalue weighted by Gasteiger charge is -2.57. The standard InChI is InChI=1S/C32H40O5/c33-27(10-11-32-17-20-12-21(18-32)14-22(13-20)19-32)31-26(15-30(35)36)28(34)16-29(31)37-25-8-6-24(7-9-25)23-4-2-1-3-5-23/h1-9,20-22,26-29,31,33-34H,10-19H2,(H,35,36)/t20?,21?,22?,26-,27?,28+,29-,31-,32?/m1/s1. The fraction of sp³-hybridized carbons (Fsp3) is 0.594. The Hall–Kier alpha value is -2.37. The molecule has 37 heavy (non-hydrogen) atoms. The second-order valence-corrected chi connectivity index (χ2v) is 12.7. The average Bonchev–Trinajstić information content (AvgIpc) is 3.16. The molecule has 198 valence electrons. The van der Waals surface area contributed by atoms with Crippen LogP contribution < -0.4 is 4.74 Å². The third-order valence-corrected chi connectivity index (χ3v) is 10.1. The molecule has 0 radical (unpaired) electrons. The molecule has 0 saturated heterocycles. The molecule has 0 aliphatic heterocycles. The van der Waals surface area contributed by atoms with E-state index in [2.05, 4.69) is 12.1 Å². The first-order valence-electron chi connectivity index (χ1n) is 14.3. The summed E-state index contributed by atoms with van der Waals surface area (Å²) in [6, 6.07) is 18.0. The first-order chi connectivity index (χ1) is 17.9. The second-order valence-electron chi connectivity index (χ2n) is 12.7. The van der Waals surface area contributed by atoms with E-state index in [1.807, 2.05) is 42.5 Å². The van der Waals surface area contributed by atoms with Crippen LogP contribution >= 0.6 is 0 Å². The molecule has 5 heteroatoms. The van der Waals surface area contributed by atoms with E-state index in [4.69, 9.17) is 4.74 Å². The van der Waals surface area contributed by atoms with Crippen molar-refractivity contribution in [3.63, 3.8) is 0 Å². The number of aliphatic carboxylic acids is 1. The fourth-order valence-electron chi connectivity index (χ4n) is 9.01. The number of carboxylic acid groups (broad SMARTS) is 1. The molecule has 7 rings (SSSR count). The molecule has 2 aromatic rings. The molecular weight excluding hydrogens is 464 g/mol. The van der Waals surface area contributed by atoms with Gasteiger partial charge in [0, 0.05) is 18.3 Å². The summed E-state index contributed by atoms with van der Waals surface area (Å²) in [6.45, 7) is 0. The predicted molar refractivity (Wildman–Crippen MR) is 142 cm³/mol. The largest absolute Gasteiger partial charge is 0.490 e. The topological polar surface area (TPSA) is 87.0 Å². The first-order valence-corrected chi connectivity index (χ1v) is 14.3. The van der Waals surface area contributed by atoms with E-state index in [1.54, 1.807) is 0 Å². The maximum Gasteiger partial charge on any atom is 0.303 e. The third kappa shape index (κ3) is 5.18. The van der Waals surface area contributed by atoms with Gasteiger partial charge in [-0.3, -0.25) is 4.79 Å². The molecule has 0 aromatic heterocycles. The summed E-state index contributed by atoms with van der Waals surface area (Å²) in [5.41, 5.74) is 2.58. The van der Waals surface area contributed by atoms with Gasteiger partial charge in [0.15, 0.2) is 0 Å². The van der Waals surface area contributed by atoms with Crippen LogP contribution in [-0.4, -0.2) is 39.6 Å². The van der Waals surface area contributed by atoms with Crippen LogP contribution in [0.2, 0.25) is 0 Å². The van der Waals surface area contributed by atoms with Gasteiger partial charge in [0.05, 0.1) is 18.6 Å². The van der Waals surface area contributed by atoms with Crippen LogP contribution in [0.5, 0.6) is 5.75 Å². The van der Waals surface area contributed by atoms with Crippen LogP contribution in [0.4, 0.5) is 0 Å². The lowest BCUT2D eigenvalue weighted by atomic mass is 9.48. The number of aliphatic hydroxyl groups is 2. The maximum absolute atomic E-state index is 11.7. The van der Waals surface area contributed by atoms with Gasteiger partial charge in [-0.15, -0.1) is 0 Å². The summed E-state index contributed by atoms with van der Waals surface area (Å²) in [5.74, 6) is 1.46. The number of benzene rings is 2. The van der Waals surface area contributed by atoms with E-state index in [0.29, 0.717) is 24.0 Å². The third-order valence-electron chi connectivity index (χ3n) is 10.1. The Morgan fingerprint density at radius 1 is 0.892 bits per heavy atom. The molecule has 5 atom stereocenters. The minimum absolute atomic E-state index is 0.146. The smallest absolute Gasteiger partial charge is 0.303 e. The molecule has 5 aliphatic carbocycles. The summed E-state index contributed by atoms with van der Waals surface area (Å²) >= 11 is 0. The van der Waals surface area contributed by atoms with E-state index in [9.17, 15) is 20.1 Å². The molecule has 0 spiro atoms. The van der Waals surface area contributed by atoms with Crippen molar-refractivity contribution >= 4 is 5.97 Å². The summed E-state index contributed by atoms with van der Waals surface area (Å²) in [5, 5.41) is 31.9. The zero-order valence-corrected chi connectivity index (χ0v) is 21.5.